The van der Waals surface area contributed by atoms with Gasteiger partial charge in [-0.25, -0.2) is 0 Å². The standard InChI is InChI=1S/C55H42N2S/c1-4-17-47-35(2)46-34-41(30-31-49(46)56(47)42-24-15-22-39(32-42)37-18-7-5-8-19-37)51-36(3)55-53(45-27-12-14-29-50(45)58-55)54-52(51)44-26-11-13-28-48(44)57(54)43-25-16-23-40(33-43)38-20-9-6-10-21-38/h4-34,36,51H,1-3H3/b17-4-. The Bertz CT molecular complexity index is 3210. The highest BCUT2D eigenvalue weighted by Gasteiger charge is 2.39. The number of hydrogen-bond acceptors (Lipinski definition) is 1. The fourth-order valence-electron chi connectivity index (χ4n) is 9.80. The Morgan fingerprint density at radius 3 is 1.81 bits per heavy atom. The summed E-state index contributed by atoms with van der Waals surface area (Å²) in [5, 5.41) is 3.96. The summed E-state index contributed by atoms with van der Waals surface area (Å²) in [6, 6.07) is 65.0. The zero-order chi connectivity index (χ0) is 38.9. The average molecular weight is 763 g/mol. The Labute approximate surface area is 343 Å². The molecule has 278 valence electrons. The number of allylic oxidation sites excluding steroid dienone is 1. The van der Waals surface area contributed by atoms with Gasteiger partial charge in [0.1, 0.15) is 0 Å². The summed E-state index contributed by atoms with van der Waals surface area (Å²) in [5.41, 5.74) is 17.7. The fourth-order valence-corrected chi connectivity index (χ4v) is 11.1. The van der Waals surface area contributed by atoms with Crippen LogP contribution < -0.4 is 0 Å². The van der Waals surface area contributed by atoms with Gasteiger partial charge in [0.15, 0.2) is 0 Å². The third-order valence-corrected chi connectivity index (χ3v) is 13.8. The summed E-state index contributed by atoms with van der Waals surface area (Å²) >= 11 is 1.97. The van der Waals surface area contributed by atoms with Gasteiger partial charge >= 0.3 is 0 Å². The number of fused-ring (bicyclic) bond motifs is 8. The predicted octanol–water partition coefficient (Wildman–Crippen LogP) is 15.4. The van der Waals surface area contributed by atoms with Crippen LogP contribution in [0.2, 0.25) is 0 Å². The van der Waals surface area contributed by atoms with E-state index in [1.807, 2.05) is 11.3 Å². The lowest BCUT2D eigenvalue weighted by atomic mass is 9.73. The van der Waals surface area contributed by atoms with Gasteiger partial charge in [-0.1, -0.05) is 140 Å². The highest BCUT2D eigenvalue weighted by molar-refractivity contribution is 7.19. The Morgan fingerprint density at radius 2 is 1.12 bits per heavy atom. The van der Waals surface area contributed by atoms with Crippen molar-refractivity contribution in [1.82, 2.24) is 9.13 Å². The maximum absolute atomic E-state index is 2.57. The van der Waals surface area contributed by atoms with E-state index in [0.717, 1.165) is 0 Å². The van der Waals surface area contributed by atoms with Crippen molar-refractivity contribution >= 4 is 49.3 Å². The first-order valence-corrected chi connectivity index (χ1v) is 21.1. The summed E-state index contributed by atoms with van der Waals surface area (Å²) < 4.78 is 6.36. The minimum Gasteiger partial charge on any atom is -0.310 e. The number of nitrogens with zero attached hydrogens (tertiary/aromatic N) is 2. The molecule has 1 aliphatic carbocycles. The second-order valence-corrected chi connectivity index (χ2v) is 16.8. The highest BCUT2D eigenvalue weighted by atomic mass is 32.1. The normalized spacial score (nSPS) is 15.1. The van der Waals surface area contributed by atoms with E-state index in [0.29, 0.717) is 0 Å². The molecule has 0 saturated heterocycles. The number of para-hydroxylation sites is 1. The quantitative estimate of drug-likeness (QED) is 0.160. The van der Waals surface area contributed by atoms with Crippen LogP contribution in [0.15, 0.2) is 182 Å². The number of benzene rings is 7. The Hall–Kier alpha value is -6.68. The first-order chi connectivity index (χ1) is 28.6. The third kappa shape index (κ3) is 5.31. The van der Waals surface area contributed by atoms with Gasteiger partial charge in [-0.3, -0.25) is 0 Å². The van der Waals surface area contributed by atoms with Crippen molar-refractivity contribution in [1.29, 1.82) is 0 Å². The van der Waals surface area contributed by atoms with Gasteiger partial charge in [0.05, 0.1) is 16.7 Å². The summed E-state index contributed by atoms with van der Waals surface area (Å²) in [5.74, 6) is 0.421. The molecule has 3 aromatic heterocycles. The zero-order valence-electron chi connectivity index (χ0n) is 32.9. The molecule has 0 spiro atoms. The molecule has 0 N–H and O–H groups in total. The number of aromatic nitrogens is 2. The molecule has 2 atom stereocenters. The van der Waals surface area contributed by atoms with Gasteiger partial charge in [-0.05, 0) is 107 Å². The van der Waals surface area contributed by atoms with E-state index in [1.165, 1.54) is 104 Å². The van der Waals surface area contributed by atoms with E-state index in [1.54, 1.807) is 0 Å². The molecule has 2 nitrogen and oxygen atoms in total. The second-order valence-electron chi connectivity index (χ2n) is 15.7. The van der Waals surface area contributed by atoms with E-state index >= 15 is 0 Å². The minimum absolute atomic E-state index is 0.151. The Kier molecular flexibility index (Phi) is 8.20. The molecule has 0 amide bonds. The van der Waals surface area contributed by atoms with E-state index in [4.69, 9.17) is 0 Å². The van der Waals surface area contributed by atoms with Crippen molar-refractivity contribution in [3.63, 3.8) is 0 Å². The molecule has 10 aromatic rings. The molecule has 11 rings (SSSR count). The number of rotatable bonds is 6. The molecule has 58 heavy (non-hydrogen) atoms. The van der Waals surface area contributed by atoms with Gasteiger partial charge in [0, 0.05) is 60.2 Å². The lowest BCUT2D eigenvalue weighted by Crippen LogP contribution is -2.16. The summed E-state index contributed by atoms with van der Waals surface area (Å²) in [7, 11) is 0. The van der Waals surface area contributed by atoms with Crippen LogP contribution in [0.25, 0.3) is 82.9 Å². The van der Waals surface area contributed by atoms with Crippen molar-refractivity contribution in [2.24, 2.45) is 0 Å². The van der Waals surface area contributed by atoms with E-state index in [9.17, 15) is 0 Å². The molecule has 2 unspecified atom stereocenters. The lowest BCUT2D eigenvalue weighted by molar-refractivity contribution is 0.664. The first-order valence-electron chi connectivity index (χ1n) is 20.3. The van der Waals surface area contributed by atoms with E-state index in [-0.39, 0.29) is 11.8 Å². The van der Waals surface area contributed by atoms with Crippen molar-refractivity contribution in [2.45, 2.75) is 32.6 Å². The van der Waals surface area contributed by atoms with Crippen LogP contribution in [0, 0.1) is 6.92 Å². The molecule has 0 saturated carbocycles. The second kappa shape index (κ2) is 13.8. The van der Waals surface area contributed by atoms with Crippen LogP contribution >= 0.6 is 11.3 Å². The van der Waals surface area contributed by atoms with Gasteiger partial charge in [-0.15, -0.1) is 11.3 Å². The van der Waals surface area contributed by atoms with Crippen LogP contribution in [-0.4, -0.2) is 9.13 Å². The molecule has 0 fully saturated rings. The van der Waals surface area contributed by atoms with Crippen LogP contribution in [0.3, 0.4) is 0 Å². The average Bonchev–Trinajstić information content (AvgIpc) is 3.92. The lowest BCUT2D eigenvalue weighted by Gasteiger charge is -2.31. The van der Waals surface area contributed by atoms with E-state index < -0.39 is 0 Å². The largest absolute Gasteiger partial charge is 0.310 e. The number of thiophene rings is 1. The Balaban J connectivity index is 1.16. The maximum atomic E-state index is 2.57. The fraction of sp³-hybridized carbons (Fsp3) is 0.0909. The molecule has 7 aromatic carbocycles. The maximum Gasteiger partial charge on any atom is 0.0597 e. The van der Waals surface area contributed by atoms with Crippen LogP contribution in [0.5, 0.6) is 0 Å². The van der Waals surface area contributed by atoms with Crippen molar-refractivity contribution in [2.75, 3.05) is 0 Å². The molecular formula is C55H42N2S. The van der Waals surface area contributed by atoms with Gasteiger partial charge < -0.3 is 9.13 Å². The number of aryl methyl sites for hydroxylation is 1. The third-order valence-electron chi connectivity index (χ3n) is 12.4. The van der Waals surface area contributed by atoms with Gasteiger partial charge in [-0.2, -0.15) is 0 Å². The molecular weight excluding hydrogens is 721 g/mol. The SMILES string of the molecule is C/C=C\c1c(C)c2cc(C3c4c(n(-c5cccc(-c6ccccc6)c5)c5ccccc45)-c4c(sc5ccccc45)C3C)ccc2n1-c1cccc(-c2ccccc2)c1. The van der Waals surface area contributed by atoms with Crippen LogP contribution in [-0.2, 0) is 0 Å². The summed E-state index contributed by atoms with van der Waals surface area (Å²) in [6.45, 7) is 6.88. The van der Waals surface area contributed by atoms with Crippen LogP contribution in [0.1, 0.15) is 52.9 Å². The molecule has 0 bridgehead atoms. The smallest absolute Gasteiger partial charge is 0.0597 e. The van der Waals surface area contributed by atoms with Crippen molar-refractivity contribution in [3.05, 3.63) is 209 Å². The topological polar surface area (TPSA) is 9.86 Å². The molecule has 1 aliphatic rings. The highest BCUT2D eigenvalue weighted by Crippen LogP contribution is 2.58. The molecule has 3 heterocycles. The predicted molar refractivity (Wildman–Crippen MR) is 248 cm³/mol. The molecule has 0 aliphatic heterocycles. The summed E-state index contributed by atoms with van der Waals surface area (Å²) in [4.78, 5) is 1.46. The molecule has 0 radical (unpaired) electrons. The first kappa shape index (κ1) is 34.6. The van der Waals surface area contributed by atoms with Crippen molar-refractivity contribution < 1.29 is 0 Å². The van der Waals surface area contributed by atoms with Crippen molar-refractivity contribution in [3.8, 4) is 44.9 Å². The minimum atomic E-state index is 0.151. The van der Waals surface area contributed by atoms with E-state index in [2.05, 4.69) is 218 Å². The van der Waals surface area contributed by atoms with Gasteiger partial charge in [0.25, 0.3) is 0 Å². The zero-order valence-corrected chi connectivity index (χ0v) is 33.7. The molecule has 3 heteroatoms. The number of hydrogen-bond donors (Lipinski definition) is 0. The monoisotopic (exact) mass is 762 g/mol. The van der Waals surface area contributed by atoms with Crippen LogP contribution in [0.4, 0.5) is 0 Å². The Morgan fingerprint density at radius 1 is 0.534 bits per heavy atom. The van der Waals surface area contributed by atoms with Gasteiger partial charge in [0.2, 0.25) is 0 Å². The summed E-state index contributed by atoms with van der Waals surface area (Å²) in [6.07, 6.45) is 4.44.